The third-order valence-corrected chi connectivity index (χ3v) is 4.92. The van der Waals surface area contributed by atoms with Gasteiger partial charge < -0.3 is 14.8 Å². The van der Waals surface area contributed by atoms with Crippen molar-refractivity contribution in [3.8, 4) is 0 Å². The molecule has 2 rings (SSSR count). The number of hydrogen-bond acceptors (Lipinski definition) is 3. The minimum Gasteiger partial charge on any atom is -0.478 e. The summed E-state index contributed by atoms with van der Waals surface area (Å²) >= 11 is 0. The molecule has 1 amide bonds. The normalized spacial score (nSPS) is 19.6. The van der Waals surface area contributed by atoms with Gasteiger partial charge in [-0.2, -0.15) is 0 Å². The molecule has 0 radical (unpaired) electrons. The Labute approximate surface area is 118 Å². The number of carboxylic acids is 1. The second kappa shape index (κ2) is 4.36. The summed E-state index contributed by atoms with van der Waals surface area (Å²) < 4.78 is 5.33. The Morgan fingerprint density at radius 3 is 2.25 bits per heavy atom. The van der Waals surface area contributed by atoms with E-state index in [0.29, 0.717) is 11.5 Å². The molecular formula is C15H21NO4. The first-order chi connectivity index (χ1) is 9.09. The van der Waals surface area contributed by atoms with Crippen molar-refractivity contribution in [2.24, 2.45) is 16.7 Å². The highest BCUT2D eigenvalue weighted by molar-refractivity contribution is 5.89. The molecule has 0 spiro atoms. The SMILES string of the molecule is Cc1oc(CNC(=O)C2C(C)(C)C2(C)C)cc1C(=O)O. The second-order valence-corrected chi connectivity index (χ2v) is 6.58. The van der Waals surface area contributed by atoms with Gasteiger partial charge in [-0.1, -0.05) is 27.7 Å². The molecule has 1 aliphatic carbocycles. The van der Waals surface area contributed by atoms with Gasteiger partial charge in [0.25, 0.3) is 0 Å². The minimum absolute atomic E-state index is 0.00840. The zero-order valence-corrected chi connectivity index (χ0v) is 12.5. The van der Waals surface area contributed by atoms with Crippen LogP contribution < -0.4 is 5.32 Å². The van der Waals surface area contributed by atoms with Crippen molar-refractivity contribution in [1.29, 1.82) is 0 Å². The van der Waals surface area contributed by atoms with Gasteiger partial charge in [0.15, 0.2) is 0 Å². The number of amides is 1. The third kappa shape index (κ3) is 2.11. The van der Waals surface area contributed by atoms with Gasteiger partial charge in [-0.15, -0.1) is 0 Å². The van der Waals surface area contributed by atoms with Crippen LogP contribution in [0.25, 0.3) is 0 Å². The molecule has 1 aliphatic rings. The van der Waals surface area contributed by atoms with Crippen molar-refractivity contribution in [3.63, 3.8) is 0 Å². The van der Waals surface area contributed by atoms with E-state index in [1.54, 1.807) is 6.92 Å². The molecule has 0 bridgehead atoms. The molecule has 1 heterocycles. The van der Waals surface area contributed by atoms with Gasteiger partial charge in [-0.05, 0) is 23.8 Å². The highest BCUT2D eigenvalue weighted by Gasteiger charge is 2.68. The average Bonchev–Trinajstić information content (AvgIpc) is 2.59. The van der Waals surface area contributed by atoms with E-state index < -0.39 is 5.97 Å². The van der Waals surface area contributed by atoms with Crippen molar-refractivity contribution in [2.45, 2.75) is 41.2 Å². The number of aryl methyl sites for hydroxylation is 1. The summed E-state index contributed by atoms with van der Waals surface area (Å²) in [7, 11) is 0. The Hall–Kier alpha value is -1.78. The first kappa shape index (κ1) is 14.6. The van der Waals surface area contributed by atoms with Crippen LogP contribution in [0.3, 0.4) is 0 Å². The van der Waals surface area contributed by atoms with Gasteiger partial charge in [-0.3, -0.25) is 4.79 Å². The van der Waals surface area contributed by atoms with Gasteiger partial charge in [0.1, 0.15) is 17.1 Å². The van der Waals surface area contributed by atoms with Crippen LogP contribution in [0.4, 0.5) is 0 Å². The van der Waals surface area contributed by atoms with Crippen LogP contribution in [0, 0.1) is 23.7 Å². The molecule has 2 N–H and O–H groups in total. The lowest BCUT2D eigenvalue weighted by atomic mass is 10.0. The molecule has 5 heteroatoms. The van der Waals surface area contributed by atoms with Crippen molar-refractivity contribution < 1.29 is 19.1 Å². The third-order valence-electron chi connectivity index (χ3n) is 4.92. The molecule has 0 unspecified atom stereocenters. The predicted octanol–water partition coefficient (Wildman–Crippen LogP) is 2.58. The largest absolute Gasteiger partial charge is 0.478 e. The Morgan fingerprint density at radius 1 is 1.30 bits per heavy atom. The maximum atomic E-state index is 12.2. The molecule has 110 valence electrons. The topological polar surface area (TPSA) is 79.5 Å². The van der Waals surface area contributed by atoms with Crippen molar-refractivity contribution in [2.75, 3.05) is 0 Å². The Balaban J connectivity index is 1.99. The molecule has 1 aromatic heterocycles. The van der Waals surface area contributed by atoms with E-state index in [2.05, 4.69) is 33.0 Å². The second-order valence-electron chi connectivity index (χ2n) is 6.58. The van der Waals surface area contributed by atoms with Crippen LogP contribution in [0.5, 0.6) is 0 Å². The van der Waals surface area contributed by atoms with Gasteiger partial charge in [-0.25, -0.2) is 4.79 Å². The summed E-state index contributed by atoms with van der Waals surface area (Å²) in [5.41, 5.74) is 0.117. The van der Waals surface area contributed by atoms with Crippen LogP contribution in [0.1, 0.15) is 49.6 Å². The number of carbonyl (C=O) groups is 2. The standard InChI is InChI=1S/C15H21NO4/c1-8-10(13(18)19)6-9(20-8)7-16-12(17)11-14(2,3)15(11,4)5/h6,11H,7H2,1-5H3,(H,16,17)(H,18,19). The fraction of sp³-hybridized carbons (Fsp3) is 0.600. The molecule has 0 atom stereocenters. The monoisotopic (exact) mass is 279 g/mol. The number of hydrogen-bond donors (Lipinski definition) is 2. The number of carboxylic acid groups (broad SMARTS) is 1. The fourth-order valence-electron chi connectivity index (χ4n) is 2.97. The summed E-state index contributed by atoms with van der Waals surface area (Å²) in [6.45, 7) is 10.1. The molecular weight excluding hydrogens is 258 g/mol. The van der Waals surface area contributed by atoms with Crippen LogP contribution in [0.15, 0.2) is 10.5 Å². The van der Waals surface area contributed by atoms with E-state index >= 15 is 0 Å². The Kier molecular flexibility index (Phi) is 3.19. The number of aromatic carboxylic acids is 1. The number of furan rings is 1. The molecule has 1 saturated carbocycles. The van der Waals surface area contributed by atoms with E-state index in [1.165, 1.54) is 6.07 Å². The van der Waals surface area contributed by atoms with E-state index in [9.17, 15) is 9.59 Å². The molecule has 1 fully saturated rings. The quantitative estimate of drug-likeness (QED) is 0.887. The fourth-order valence-corrected chi connectivity index (χ4v) is 2.97. The smallest absolute Gasteiger partial charge is 0.339 e. The van der Waals surface area contributed by atoms with Crippen molar-refractivity contribution >= 4 is 11.9 Å². The zero-order chi connectivity index (χ0) is 15.3. The predicted molar refractivity (Wildman–Crippen MR) is 73.3 cm³/mol. The number of rotatable bonds is 4. The molecule has 5 nitrogen and oxygen atoms in total. The maximum Gasteiger partial charge on any atom is 0.339 e. The van der Waals surface area contributed by atoms with Crippen molar-refractivity contribution in [1.82, 2.24) is 5.32 Å². The van der Waals surface area contributed by atoms with E-state index in [-0.39, 0.29) is 34.8 Å². The van der Waals surface area contributed by atoms with Gasteiger partial charge in [0, 0.05) is 5.92 Å². The maximum absolute atomic E-state index is 12.2. The van der Waals surface area contributed by atoms with Gasteiger partial charge in [0.05, 0.1) is 6.54 Å². The van der Waals surface area contributed by atoms with Crippen LogP contribution >= 0.6 is 0 Å². The van der Waals surface area contributed by atoms with Crippen molar-refractivity contribution in [3.05, 3.63) is 23.2 Å². The molecule has 0 aliphatic heterocycles. The molecule has 0 saturated heterocycles. The summed E-state index contributed by atoms with van der Waals surface area (Å²) in [5, 5.41) is 11.8. The summed E-state index contributed by atoms with van der Waals surface area (Å²) in [6, 6.07) is 1.46. The zero-order valence-electron chi connectivity index (χ0n) is 12.5. The lowest BCUT2D eigenvalue weighted by molar-refractivity contribution is -0.123. The first-order valence-electron chi connectivity index (χ1n) is 6.69. The van der Waals surface area contributed by atoms with Gasteiger partial charge >= 0.3 is 5.97 Å². The van der Waals surface area contributed by atoms with Crippen LogP contribution in [-0.4, -0.2) is 17.0 Å². The molecule has 20 heavy (non-hydrogen) atoms. The highest BCUT2D eigenvalue weighted by atomic mass is 16.4. The Morgan fingerprint density at radius 2 is 1.85 bits per heavy atom. The summed E-state index contributed by atoms with van der Waals surface area (Å²) in [6.07, 6.45) is 0. The summed E-state index contributed by atoms with van der Waals surface area (Å²) in [4.78, 5) is 23.1. The summed E-state index contributed by atoms with van der Waals surface area (Å²) in [5.74, 6) is -0.234. The van der Waals surface area contributed by atoms with Crippen LogP contribution in [-0.2, 0) is 11.3 Å². The van der Waals surface area contributed by atoms with E-state index in [1.807, 2.05) is 0 Å². The Bertz CT molecular complexity index is 554. The minimum atomic E-state index is -1.02. The lowest BCUT2D eigenvalue weighted by Gasteiger charge is -2.04. The molecule has 1 aromatic rings. The van der Waals surface area contributed by atoms with E-state index in [4.69, 9.17) is 9.52 Å². The average molecular weight is 279 g/mol. The first-order valence-corrected chi connectivity index (χ1v) is 6.69. The highest BCUT2D eigenvalue weighted by Crippen LogP contribution is 2.68. The number of nitrogens with one attached hydrogen (secondary N) is 1. The number of carbonyl (C=O) groups excluding carboxylic acids is 1. The van der Waals surface area contributed by atoms with E-state index in [0.717, 1.165) is 0 Å². The molecule has 0 aromatic carbocycles. The lowest BCUT2D eigenvalue weighted by Crippen LogP contribution is -2.26. The van der Waals surface area contributed by atoms with Gasteiger partial charge in [0.2, 0.25) is 5.91 Å². The van der Waals surface area contributed by atoms with Crippen LogP contribution in [0.2, 0.25) is 0 Å².